The summed E-state index contributed by atoms with van der Waals surface area (Å²) >= 11 is 1.75. The summed E-state index contributed by atoms with van der Waals surface area (Å²) in [5, 5.41) is 11.2. The van der Waals surface area contributed by atoms with Gasteiger partial charge in [-0.15, -0.1) is 11.3 Å². The second-order valence-electron chi connectivity index (χ2n) is 3.49. The fourth-order valence-electron chi connectivity index (χ4n) is 1.78. The number of benzene rings is 1. The minimum absolute atomic E-state index is 0.234. The zero-order chi connectivity index (χ0) is 10.5. The van der Waals surface area contributed by atoms with E-state index in [1.165, 1.54) is 10.4 Å². The lowest BCUT2D eigenvalue weighted by atomic mass is 9.95. The number of hydrogen-bond acceptors (Lipinski definition) is 2. The molecule has 2 heteroatoms. The Bertz CT molecular complexity index is 380. The van der Waals surface area contributed by atoms with Crippen LogP contribution in [-0.4, -0.2) is 11.7 Å². The van der Waals surface area contributed by atoms with Crippen molar-refractivity contribution in [3.8, 4) is 0 Å². The van der Waals surface area contributed by atoms with Crippen molar-refractivity contribution in [3.05, 3.63) is 58.3 Å². The third kappa shape index (κ3) is 2.46. The highest BCUT2D eigenvalue weighted by Gasteiger charge is 2.13. The molecule has 1 aromatic carbocycles. The molecule has 0 aliphatic carbocycles. The molecule has 0 bridgehead atoms. The maximum Gasteiger partial charge on any atom is 0.0440 e. The molecule has 1 heterocycles. The highest BCUT2D eigenvalue weighted by Crippen LogP contribution is 2.30. The standard InChI is InChI=1S/C13H14OS/c14-9-8-12(13-7-4-10-15-13)11-5-2-1-3-6-11/h1-7,10,12,14H,8-9H2/t12-/m0/s1. The van der Waals surface area contributed by atoms with Crippen molar-refractivity contribution in [3.63, 3.8) is 0 Å². The fourth-order valence-corrected chi connectivity index (χ4v) is 2.67. The van der Waals surface area contributed by atoms with Crippen molar-refractivity contribution >= 4 is 11.3 Å². The monoisotopic (exact) mass is 218 g/mol. The van der Waals surface area contributed by atoms with Gasteiger partial charge in [0.15, 0.2) is 0 Å². The van der Waals surface area contributed by atoms with Crippen LogP contribution >= 0.6 is 11.3 Å². The summed E-state index contributed by atoms with van der Waals surface area (Å²) in [7, 11) is 0. The highest BCUT2D eigenvalue weighted by atomic mass is 32.1. The maximum atomic E-state index is 9.10. The Morgan fingerprint density at radius 2 is 1.87 bits per heavy atom. The Morgan fingerprint density at radius 1 is 1.07 bits per heavy atom. The molecule has 0 radical (unpaired) electrons. The van der Waals surface area contributed by atoms with Gasteiger partial charge in [-0.25, -0.2) is 0 Å². The number of thiophene rings is 1. The third-order valence-electron chi connectivity index (χ3n) is 2.51. The number of aliphatic hydroxyl groups is 1. The molecule has 1 nitrogen and oxygen atoms in total. The first-order chi connectivity index (χ1) is 7.42. The summed E-state index contributed by atoms with van der Waals surface area (Å²) in [5.74, 6) is 0.344. The van der Waals surface area contributed by atoms with Gasteiger partial charge >= 0.3 is 0 Å². The van der Waals surface area contributed by atoms with Gasteiger partial charge in [-0.3, -0.25) is 0 Å². The summed E-state index contributed by atoms with van der Waals surface area (Å²) in [6, 6.07) is 14.6. The molecule has 15 heavy (non-hydrogen) atoms. The van der Waals surface area contributed by atoms with Crippen LogP contribution in [0.1, 0.15) is 22.8 Å². The summed E-state index contributed by atoms with van der Waals surface area (Å²) in [6.07, 6.45) is 0.796. The van der Waals surface area contributed by atoms with Crippen LogP contribution in [0.15, 0.2) is 47.8 Å². The number of rotatable bonds is 4. The van der Waals surface area contributed by atoms with Crippen molar-refractivity contribution in [2.24, 2.45) is 0 Å². The topological polar surface area (TPSA) is 20.2 Å². The van der Waals surface area contributed by atoms with Crippen LogP contribution in [-0.2, 0) is 0 Å². The Hall–Kier alpha value is -1.12. The Balaban J connectivity index is 2.28. The molecule has 0 aliphatic heterocycles. The van der Waals surface area contributed by atoms with Gasteiger partial charge in [-0.2, -0.15) is 0 Å². The summed E-state index contributed by atoms with van der Waals surface area (Å²) in [4.78, 5) is 1.33. The van der Waals surface area contributed by atoms with E-state index in [1.807, 2.05) is 18.2 Å². The molecular weight excluding hydrogens is 204 g/mol. The first-order valence-corrected chi connectivity index (χ1v) is 5.99. The van der Waals surface area contributed by atoms with Crippen molar-refractivity contribution < 1.29 is 5.11 Å². The lowest BCUT2D eigenvalue weighted by molar-refractivity contribution is 0.282. The van der Waals surface area contributed by atoms with Crippen LogP contribution < -0.4 is 0 Å². The van der Waals surface area contributed by atoms with Gasteiger partial charge in [-0.05, 0) is 23.4 Å². The summed E-state index contributed by atoms with van der Waals surface area (Å²) < 4.78 is 0. The van der Waals surface area contributed by atoms with Gasteiger partial charge in [0, 0.05) is 17.4 Å². The van der Waals surface area contributed by atoms with E-state index in [2.05, 4.69) is 29.6 Å². The van der Waals surface area contributed by atoms with Gasteiger partial charge in [0.2, 0.25) is 0 Å². The Labute approximate surface area is 94.0 Å². The van der Waals surface area contributed by atoms with E-state index in [-0.39, 0.29) is 6.61 Å². The molecule has 0 saturated carbocycles. The predicted octanol–water partition coefficient (Wildman–Crippen LogP) is 3.26. The van der Waals surface area contributed by atoms with Crippen LogP contribution in [0.3, 0.4) is 0 Å². The predicted molar refractivity (Wildman–Crippen MR) is 64.3 cm³/mol. The quantitative estimate of drug-likeness (QED) is 0.835. The molecular formula is C13H14OS. The first-order valence-electron chi connectivity index (χ1n) is 5.11. The Morgan fingerprint density at radius 3 is 2.47 bits per heavy atom. The van der Waals surface area contributed by atoms with Crippen LogP contribution in [0.2, 0.25) is 0 Å². The largest absolute Gasteiger partial charge is 0.396 e. The lowest BCUT2D eigenvalue weighted by Gasteiger charge is -2.14. The van der Waals surface area contributed by atoms with E-state index < -0.39 is 0 Å². The second kappa shape index (κ2) is 5.10. The van der Waals surface area contributed by atoms with Gasteiger partial charge in [0.1, 0.15) is 0 Å². The summed E-state index contributed by atoms with van der Waals surface area (Å²) in [5.41, 5.74) is 1.29. The van der Waals surface area contributed by atoms with Gasteiger partial charge in [0.25, 0.3) is 0 Å². The molecule has 0 saturated heterocycles. The minimum Gasteiger partial charge on any atom is -0.396 e. The highest BCUT2D eigenvalue weighted by molar-refractivity contribution is 7.10. The number of hydrogen-bond donors (Lipinski definition) is 1. The van der Waals surface area contributed by atoms with Gasteiger partial charge in [-0.1, -0.05) is 36.4 Å². The molecule has 0 fully saturated rings. The average Bonchev–Trinajstić information content (AvgIpc) is 2.80. The molecule has 1 N–H and O–H groups in total. The third-order valence-corrected chi connectivity index (χ3v) is 3.49. The molecule has 78 valence electrons. The smallest absolute Gasteiger partial charge is 0.0440 e. The van der Waals surface area contributed by atoms with Gasteiger partial charge < -0.3 is 5.11 Å². The molecule has 0 unspecified atom stereocenters. The zero-order valence-corrected chi connectivity index (χ0v) is 9.28. The number of aliphatic hydroxyl groups excluding tert-OH is 1. The Kier molecular flexibility index (Phi) is 3.54. The van der Waals surface area contributed by atoms with E-state index in [9.17, 15) is 0 Å². The van der Waals surface area contributed by atoms with Crippen molar-refractivity contribution in [1.82, 2.24) is 0 Å². The van der Waals surface area contributed by atoms with Crippen molar-refractivity contribution in [2.45, 2.75) is 12.3 Å². The molecule has 2 rings (SSSR count). The van der Waals surface area contributed by atoms with Crippen LogP contribution in [0.25, 0.3) is 0 Å². The fraction of sp³-hybridized carbons (Fsp3) is 0.231. The normalized spacial score (nSPS) is 12.6. The maximum absolute atomic E-state index is 9.10. The summed E-state index contributed by atoms with van der Waals surface area (Å²) in [6.45, 7) is 0.234. The van der Waals surface area contributed by atoms with Crippen LogP contribution in [0.5, 0.6) is 0 Å². The lowest BCUT2D eigenvalue weighted by Crippen LogP contribution is -2.01. The molecule has 1 aromatic heterocycles. The van der Waals surface area contributed by atoms with E-state index >= 15 is 0 Å². The molecule has 1 atom stereocenters. The van der Waals surface area contributed by atoms with Crippen molar-refractivity contribution in [1.29, 1.82) is 0 Å². The molecule has 0 aliphatic rings. The average molecular weight is 218 g/mol. The molecule has 0 amide bonds. The van der Waals surface area contributed by atoms with Gasteiger partial charge in [0.05, 0.1) is 0 Å². The van der Waals surface area contributed by atoms with E-state index in [0.717, 1.165) is 6.42 Å². The SMILES string of the molecule is OCC[C@@H](c1ccccc1)c1cccs1. The van der Waals surface area contributed by atoms with E-state index in [0.29, 0.717) is 5.92 Å². The molecule has 0 spiro atoms. The van der Waals surface area contributed by atoms with Crippen LogP contribution in [0.4, 0.5) is 0 Å². The first kappa shape index (κ1) is 10.4. The second-order valence-corrected chi connectivity index (χ2v) is 4.47. The zero-order valence-electron chi connectivity index (χ0n) is 8.47. The minimum atomic E-state index is 0.234. The molecule has 2 aromatic rings. The van der Waals surface area contributed by atoms with Crippen LogP contribution in [0, 0.1) is 0 Å². The van der Waals surface area contributed by atoms with E-state index in [4.69, 9.17) is 5.11 Å². The van der Waals surface area contributed by atoms with Crippen molar-refractivity contribution in [2.75, 3.05) is 6.61 Å². The van der Waals surface area contributed by atoms with E-state index in [1.54, 1.807) is 11.3 Å².